The van der Waals surface area contributed by atoms with Crippen molar-refractivity contribution in [3.8, 4) is 0 Å². The van der Waals surface area contributed by atoms with Crippen LogP contribution in [0.1, 0.15) is 11.1 Å². The molecule has 1 heterocycles. The van der Waals surface area contributed by atoms with Crippen LogP contribution in [-0.2, 0) is 0 Å². The SMILES string of the molecule is Cc1c(C)c2c(c(F)c1F)Sc1ccccc1S2. The third kappa shape index (κ3) is 1.67. The van der Waals surface area contributed by atoms with E-state index < -0.39 is 11.6 Å². The molecule has 0 bridgehead atoms. The van der Waals surface area contributed by atoms with E-state index in [4.69, 9.17) is 0 Å². The van der Waals surface area contributed by atoms with E-state index in [-0.39, 0.29) is 0 Å². The van der Waals surface area contributed by atoms with Crippen LogP contribution in [0.15, 0.2) is 43.8 Å². The molecule has 92 valence electrons. The molecule has 2 aromatic carbocycles. The number of hydrogen-bond acceptors (Lipinski definition) is 2. The molecule has 1 aliphatic heterocycles. The van der Waals surface area contributed by atoms with Crippen LogP contribution in [0.2, 0.25) is 0 Å². The standard InChI is InChI=1S/C14H10F2S2/c1-7-8(2)13-14(12(16)11(7)15)18-10-6-4-3-5-9(10)17-13/h3-6H,1-2H3. The maximum absolute atomic E-state index is 14.0. The fraction of sp³-hybridized carbons (Fsp3) is 0.143. The molecule has 0 unspecified atom stereocenters. The van der Waals surface area contributed by atoms with Crippen LogP contribution in [-0.4, -0.2) is 0 Å². The Hall–Kier alpha value is -1.000. The van der Waals surface area contributed by atoms with Gasteiger partial charge in [0.1, 0.15) is 0 Å². The average molecular weight is 280 g/mol. The monoisotopic (exact) mass is 280 g/mol. The van der Waals surface area contributed by atoms with Crippen molar-refractivity contribution < 1.29 is 8.78 Å². The van der Waals surface area contributed by atoms with Gasteiger partial charge in [-0.15, -0.1) is 0 Å². The second-order valence-electron chi connectivity index (χ2n) is 4.19. The Morgan fingerprint density at radius 3 is 1.94 bits per heavy atom. The molecule has 0 spiro atoms. The van der Waals surface area contributed by atoms with Gasteiger partial charge in [0.15, 0.2) is 11.6 Å². The zero-order valence-corrected chi connectivity index (χ0v) is 11.5. The van der Waals surface area contributed by atoms with E-state index in [2.05, 4.69) is 0 Å². The van der Waals surface area contributed by atoms with Crippen LogP contribution >= 0.6 is 23.5 Å². The fourth-order valence-electron chi connectivity index (χ4n) is 1.92. The van der Waals surface area contributed by atoms with Crippen molar-refractivity contribution >= 4 is 23.5 Å². The van der Waals surface area contributed by atoms with E-state index in [1.807, 2.05) is 31.2 Å². The van der Waals surface area contributed by atoms with Crippen LogP contribution < -0.4 is 0 Å². The van der Waals surface area contributed by atoms with E-state index in [9.17, 15) is 8.78 Å². The van der Waals surface area contributed by atoms with Crippen molar-refractivity contribution in [1.82, 2.24) is 0 Å². The molecular weight excluding hydrogens is 270 g/mol. The highest BCUT2D eigenvalue weighted by Crippen LogP contribution is 2.51. The first-order valence-electron chi connectivity index (χ1n) is 5.52. The molecule has 1 aliphatic rings. The smallest absolute Gasteiger partial charge is 0.174 e. The molecule has 0 fully saturated rings. The molecule has 0 aliphatic carbocycles. The minimum Gasteiger partial charge on any atom is -0.203 e. The lowest BCUT2D eigenvalue weighted by molar-refractivity contribution is 0.478. The number of rotatable bonds is 0. The molecule has 0 aromatic heterocycles. The molecule has 0 nitrogen and oxygen atoms in total. The lowest BCUT2D eigenvalue weighted by Gasteiger charge is -2.22. The molecule has 4 heteroatoms. The Morgan fingerprint density at radius 1 is 0.778 bits per heavy atom. The van der Waals surface area contributed by atoms with Gasteiger partial charge in [-0.05, 0) is 37.1 Å². The Labute approximate surface area is 113 Å². The zero-order chi connectivity index (χ0) is 12.9. The van der Waals surface area contributed by atoms with E-state index in [0.717, 1.165) is 20.2 Å². The molecule has 0 amide bonds. The summed E-state index contributed by atoms with van der Waals surface area (Å²) in [5.41, 5.74) is 1.23. The summed E-state index contributed by atoms with van der Waals surface area (Å²) in [5.74, 6) is -1.45. The molecule has 2 aromatic rings. The molecule has 18 heavy (non-hydrogen) atoms. The first-order chi connectivity index (χ1) is 8.59. The zero-order valence-electron chi connectivity index (χ0n) is 9.88. The molecule has 0 saturated heterocycles. The summed E-state index contributed by atoms with van der Waals surface area (Å²) < 4.78 is 27.8. The van der Waals surface area contributed by atoms with E-state index >= 15 is 0 Å². The van der Waals surface area contributed by atoms with Crippen LogP contribution in [0.4, 0.5) is 8.78 Å². The van der Waals surface area contributed by atoms with Crippen molar-refractivity contribution in [2.45, 2.75) is 33.4 Å². The van der Waals surface area contributed by atoms with E-state index in [1.165, 1.54) is 23.5 Å². The van der Waals surface area contributed by atoms with Crippen molar-refractivity contribution in [3.63, 3.8) is 0 Å². The maximum atomic E-state index is 14.0. The third-order valence-electron chi connectivity index (χ3n) is 3.10. The number of halogens is 2. The molecule has 0 N–H and O–H groups in total. The van der Waals surface area contributed by atoms with Gasteiger partial charge in [0.05, 0.1) is 4.90 Å². The Kier molecular flexibility index (Phi) is 2.87. The number of hydrogen-bond donors (Lipinski definition) is 0. The Balaban J connectivity index is 2.25. The van der Waals surface area contributed by atoms with Gasteiger partial charge in [-0.25, -0.2) is 8.78 Å². The number of fused-ring (bicyclic) bond motifs is 2. The van der Waals surface area contributed by atoms with Gasteiger partial charge in [0.2, 0.25) is 0 Å². The van der Waals surface area contributed by atoms with Crippen LogP contribution in [0, 0.1) is 25.5 Å². The first-order valence-corrected chi connectivity index (χ1v) is 7.15. The second kappa shape index (κ2) is 4.28. The molecular formula is C14H10F2S2. The lowest BCUT2D eigenvalue weighted by atomic mass is 10.1. The van der Waals surface area contributed by atoms with Gasteiger partial charge in [-0.2, -0.15) is 0 Å². The Bertz CT molecular complexity index is 595. The number of benzene rings is 2. The Morgan fingerprint density at radius 2 is 1.33 bits per heavy atom. The molecule has 3 rings (SSSR count). The maximum Gasteiger partial charge on any atom is 0.174 e. The minimum atomic E-state index is -0.723. The highest BCUT2D eigenvalue weighted by molar-refractivity contribution is 8.05. The predicted octanol–water partition coefficient (Wildman–Crippen LogP) is 5.20. The average Bonchev–Trinajstić information content (AvgIpc) is 2.41. The highest BCUT2D eigenvalue weighted by atomic mass is 32.2. The molecule has 0 atom stereocenters. The van der Waals surface area contributed by atoms with Gasteiger partial charge in [-0.3, -0.25) is 0 Å². The van der Waals surface area contributed by atoms with Crippen molar-refractivity contribution in [2.24, 2.45) is 0 Å². The molecule has 0 saturated carbocycles. The second-order valence-corrected chi connectivity index (χ2v) is 6.29. The quantitative estimate of drug-likeness (QED) is 0.555. The largest absolute Gasteiger partial charge is 0.203 e. The van der Waals surface area contributed by atoms with Gasteiger partial charge in [0.25, 0.3) is 0 Å². The highest BCUT2D eigenvalue weighted by Gasteiger charge is 2.26. The summed E-state index contributed by atoms with van der Waals surface area (Å²) in [6.07, 6.45) is 0. The first kappa shape index (κ1) is 12.1. The summed E-state index contributed by atoms with van der Waals surface area (Å²) in [4.78, 5) is 3.34. The third-order valence-corrected chi connectivity index (χ3v) is 5.82. The van der Waals surface area contributed by atoms with Crippen LogP contribution in [0.3, 0.4) is 0 Å². The van der Waals surface area contributed by atoms with Crippen LogP contribution in [0.5, 0.6) is 0 Å². The van der Waals surface area contributed by atoms with E-state index in [1.54, 1.807) is 6.92 Å². The van der Waals surface area contributed by atoms with Crippen LogP contribution in [0.25, 0.3) is 0 Å². The predicted molar refractivity (Wildman–Crippen MR) is 70.5 cm³/mol. The van der Waals surface area contributed by atoms with Gasteiger partial charge in [0, 0.05) is 14.7 Å². The molecule has 0 radical (unpaired) electrons. The van der Waals surface area contributed by atoms with Crippen molar-refractivity contribution in [3.05, 3.63) is 47.0 Å². The summed E-state index contributed by atoms with van der Waals surface area (Å²) in [6.45, 7) is 3.47. The van der Waals surface area contributed by atoms with E-state index in [0.29, 0.717) is 10.5 Å². The lowest BCUT2D eigenvalue weighted by Crippen LogP contribution is -2.02. The summed E-state index contributed by atoms with van der Waals surface area (Å²) in [7, 11) is 0. The van der Waals surface area contributed by atoms with Gasteiger partial charge >= 0.3 is 0 Å². The fourth-order valence-corrected chi connectivity index (χ4v) is 4.41. The van der Waals surface area contributed by atoms with Gasteiger partial charge < -0.3 is 0 Å². The van der Waals surface area contributed by atoms with Crippen molar-refractivity contribution in [2.75, 3.05) is 0 Å². The summed E-state index contributed by atoms with van der Waals surface area (Å²) >= 11 is 2.83. The van der Waals surface area contributed by atoms with Gasteiger partial charge in [-0.1, -0.05) is 35.7 Å². The van der Waals surface area contributed by atoms with Crippen molar-refractivity contribution in [1.29, 1.82) is 0 Å². The summed E-state index contributed by atoms with van der Waals surface area (Å²) in [5, 5.41) is 0. The summed E-state index contributed by atoms with van der Waals surface area (Å²) in [6, 6.07) is 7.81. The normalized spacial score (nSPS) is 13.1. The topological polar surface area (TPSA) is 0 Å². The minimum absolute atomic E-state index is 0.402.